The van der Waals surface area contributed by atoms with Gasteiger partial charge < -0.3 is 10.1 Å². The van der Waals surface area contributed by atoms with E-state index in [4.69, 9.17) is 4.74 Å². The van der Waals surface area contributed by atoms with Crippen LogP contribution >= 0.6 is 0 Å². The first kappa shape index (κ1) is 15.8. The molecule has 0 bridgehead atoms. The van der Waals surface area contributed by atoms with Crippen LogP contribution in [0, 0.1) is 0 Å². The molecule has 0 heterocycles. The smallest absolute Gasteiger partial charge is 0.255 e. The van der Waals surface area contributed by atoms with E-state index in [-0.39, 0.29) is 11.6 Å². The highest BCUT2D eigenvalue weighted by atomic mass is 32.2. The fourth-order valence-corrected chi connectivity index (χ4v) is 2.42. The van der Waals surface area contributed by atoms with Crippen LogP contribution < -0.4 is 14.8 Å². The van der Waals surface area contributed by atoms with Gasteiger partial charge >= 0.3 is 0 Å². The van der Waals surface area contributed by atoms with E-state index >= 15 is 0 Å². The zero-order valence-corrected chi connectivity index (χ0v) is 13.0. The normalized spacial score (nSPS) is 10.8. The molecule has 7 heteroatoms. The van der Waals surface area contributed by atoms with Crippen molar-refractivity contribution in [3.05, 3.63) is 54.1 Å². The molecule has 2 aromatic carbocycles. The average molecular weight is 320 g/mol. The Labute approximate surface area is 129 Å². The minimum Gasteiger partial charge on any atom is -0.495 e. The molecule has 2 aromatic rings. The summed E-state index contributed by atoms with van der Waals surface area (Å²) in [4.78, 5) is 12.1. The maximum atomic E-state index is 12.1. The van der Waals surface area contributed by atoms with Gasteiger partial charge in [-0.05, 0) is 30.3 Å². The van der Waals surface area contributed by atoms with Crippen molar-refractivity contribution in [3.63, 3.8) is 0 Å². The Morgan fingerprint density at radius 3 is 2.36 bits per heavy atom. The summed E-state index contributed by atoms with van der Waals surface area (Å²) < 4.78 is 30.2. The van der Waals surface area contributed by atoms with Crippen LogP contribution in [0.25, 0.3) is 0 Å². The molecule has 0 aliphatic carbocycles. The molecular formula is C15H16N2O4S. The van der Waals surface area contributed by atoms with E-state index in [1.807, 2.05) is 6.07 Å². The number of benzene rings is 2. The molecule has 0 atom stereocenters. The Hall–Kier alpha value is -2.54. The van der Waals surface area contributed by atoms with Gasteiger partial charge in [-0.1, -0.05) is 18.2 Å². The Balaban J connectivity index is 2.25. The van der Waals surface area contributed by atoms with Crippen LogP contribution in [-0.2, 0) is 10.0 Å². The van der Waals surface area contributed by atoms with E-state index in [1.165, 1.54) is 13.2 Å². The first-order valence-electron chi connectivity index (χ1n) is 6.41. The van der Waals surface area contributed by atoms with Gasteiger partial charge in [-0.15, -0.1) is 0 Å². The van der Waals surface area contributed by atoms with E-state index in [2.05, 4.69) is 10.0 Å². The standard InChI is InChI=1S/C15H16N2O4S/c1-21-14-9-8-12(10-13(14)17-22(2,19)20)16-15(18)11-6-4-3-5-7-11/h3-10,17H,1-2H3,(H,16,18). The molecule has 0 saturated heterocycles. The summed E-state index contributed by atoms with van der Waals surface area (Å²) in [5, 5.41) is 2.71. The molecule has 22 heavy (non-hydrogen) atoms. The van der Waals surface area contributed by atoms with Crippen molar-refractivity contribution >= 4 is 27.3 Å². The second-order valence-electron chi connectivity index (χ2n) is 4.61. The van der Waals surface area contributed by atoms with Gasteiger partial charge in [-0.25, -0.2) is 8.42 Å². The SMILES string of the molecule is COc1ccc(NC(=O)c2ccccc2)cc1NS(C)(=O)=O. The van der Waals surface area contributed by atoms with Crippen LogP contribution in [0.3, 0.4) is 0 Å². The van der Waals surface area contributed by atoms with Gasteiger partial charge in [0.15, 0.2) is 0 Å². The number of carbonyl (C=O) groups excluding carboxylic acids is 1. The zero-order chi connectivity index (χ0) is 16.2. The van der Waals surface area contributed by atoms with Crippen molar-refractivity contribution in [1.29, 1.82) is 0 Å². The largest absolute Gasteiger partial charge is 0.495 e. The molecular weight excluding hydrogens is 304 g/mol. The monoisotopic (exact) mass is 320 g/mol. The van der Waals surface area contributed by atoms with E-state index in [0.29, 0.717) is 17.0 Å². The molecule has 116 valence electrons. The summed E-state index contributed by atoms with van der Waals surface area (Å²) in [5.74, 6) is 0.0826. The third-order valence-electron chi connectivity index (χ3n) is 2.79. The lowest BCUT2D eigenvalue weighted by atomic mass is 10.2. The number of rotatable bonds is 5. The highest BCUT2D eigenvalue weighted by Crippen LogP contribution is 2.28. The van der Waals surface area contributed by atoms with Crippen molar-refractivity contribution in [2.24, 2.45) is 0 Å². The average Bonchev–Trinajstić information content (AvgIpc) is 2.47. The molecule has 0 aliphatic rings. The van der Waals surface area contributed by atoms with Crippen LogP contribution in [-0.4, -0.2) is 27.7 Å². The first-order valence-corrected chi connectivity index (χ1v) is 8.30. The summed E-state index contributed by atoms with van der Waals surface area (Å²) in [6.07, 6.45) is 1.04. The lowest BCUT2D eigenvalue weighted by Crippen LogP contribution is -2.13. The number of nitrogens with one attached hydrogen (secondary N) is 2. The fraction of sp³-hybridized carbons (Fsp3) is 0.133. The molecule has 0 fully saturated rings. The van der Waals surface area contributed by atoms with Gasteiger partial charge in [0.1, 0.15) is 5.75 Å². The molecule has 0 spiro atoms. The lowest BCUT2D eigenvalue weighted by Gasteiger charge is -2.12. The van der Waals surface area contributed by atoms with Crippen molar-refractivity contribution in [2.45, 2.75) is 0 Å². The van der Waals surface area contributed by atoms with Gasteiger partial charge in [0.2, 0.25) is 10.0 Å². The summed E-state index contributed by atoms with van der Waals surface area (Å²) in [7, 11) is -2.01. The van der Waals surface area contributed by atoms with E-state index < -0.39 is 10.0 Å². The Kier molecular flexibility index (Phi) is 4.67. The lowest BCUT2D eigenvalue weighted by molar-refractivity contribution is 0.102. The fourth-order valence-electron chi connectivity index (χ4n) is 1.86. The molecule has 0 aromatic heterocycles. The molecule has 0 aliphatic heterocycles. The predicted molar refractivity (Wildman–Crippen MR) is 85.9 cm³/mol. The van der Waals surface area contributed by atoms with Crippen LogP contribution in [0.5, 0.6) is 5.75 Å². The molecule has 2 N–H and O–H groups in total. The summed E-state index contributed by atoms with van der Waals surface area (Å²) in [6, 6.07) is 13.4. The van der Waals surface area contributed by atoms with Gasteiger partial charge in [-0.2, -0.15) is 0 Å². The number of sulfonamides is 1. The van der Waals surface area contributed by atoms with Gasteiger partial charge in [0.05, 0.1) is 19.1 Å². The van der Waals surface area contributed by atoms with E-state index in [0.717, 1.165) is 6.26 Å². The minimum atomic E-state index is -3.45. The zero-order valence-electron chi connectivity index (χ0n) is 12.2. The number of amides is 1. The van der Waals surface area contributed by atoms with E-state index in [9.17, 15) is 13.2 Å². The topological polar surface area (TPSA) is 84.5 Å². The quantitative estimate of drug-likeness (QED) is 0.885. The van der Waals surface area contributed by atoms with Gasteiger partial charge in [-0.3, -0.25) is 9.52 Å². The molecule has 0 radical (unpaired) electrons. The third kappa shape index (κ3) is 4.23. The van der Waals surface area contributed by atoms with Crippen LogP contribution in [0.15, 0.2) is 48.5 Å². The highest BCUT2D eigenvalue weighted by Gasteiger charge is 2.11. The van der Waals surface area contributed by atoms with Crippen molar-refractivity contribution < 1.29 is 17.9 Å². The van der Waals surface area contributed by atoms with Crippen LogP contribution in [0.2, 0.25) is 0 Å². The minimum absolute atomic E-state index is 0.260. The third-order valence-corrected chi connectivity index (χ3v) is 3.38. The molecule has 2 rings (SSSR count). The van der Waals surface area contributed by atoms with Crippen molar-refractivity contribution in [1.82, 2.24) is 0 Å². The Bertz CT molecular complexity index is 773. The Morgan fingerprint density at radius 1 is 1.09 bits per heavy atom. The molecule has 0 unspecified atom stereocenters. The van der Waals surface area contributed by atoms with Gasteiger partial charge in [0.25, 0.3) is 5.91 Å². The second-order valence-corrected chi connectivity index (χ2v) is 6.36. The second kappa shape index (κ2) is 6.48. The van der Waals surface area contributed by atoms with Gasteiger partial charge in [0, 0.05) is 11.3 Å². The summed E-state index contributed by atoms with van der Waals surface area (Å²) in [5.41, 5.74) is 1.23. The molecule has 1 amide bonds. The maximum Gasteiger partial charge on any atom is 0.255 e. The number of anilines is 2. The van der Waals surface area contributed by atoms with Crippen molar-refractivity contribution in [3.8, 4) is 5.75 Å². The number of carbonyl (C=O) groups is 1. The van der Waals surface area contributed by atoms with E-state index in [1.54, 1.807) is 36.4 Å². The molecule has 0 saturated carbocycles. The summed E-state index contributed by atoms with van der Waals surface area (Å²) >= 11 is 0. The first-order chi connectivity index (χ1) is 10.4. The number of methoxy groups -OCH3 is 1. The van der Waals surface area contributed by atoms with Crippen molar-refractivity contribution in [2.75, 3.05) is 23.4 Å². The maximum absolute atomic E-state index is 12.1. The summed E-state index contributed by atoms with van der Waals surface area (Å²) in [6.45, 7) is 0. The predicted octanol–water partition coefficient (Wildman–Crippen LogP) is 2.32. The number of hydrogen-bond acceptors (Lipinski definition) is 4. The molecule has 6 nitrogen and oxygen atoms in total. The number of ether oxygens (including phenoxy) is 1. The number of hydrogen-bond donors (Lipinski definition) is 2. The van der Waals surface area contributed by atoms with Crippen LogP contribution in [0.1, 0.15) is 10.4 Å². The Morgan fingerprint density at radius 2 is 1.77 bits per heavy atom. The highest BCUT2D eigenvalue weighted by molar-refractivity contribution is 7.92. The van der Waals surface area contributed by atoms with Crippen LogP contribution in [0.4, 0.5) is 11.4 Å².